The summed E-state index contributed by atoms with van der Waals surface area (Å²) in [5, 5.41) is 2.99. The Morgan fingerprint density at radius 2 is 2.05 bits per heavy atom. The maximum Gasteiger partial charge on any atom is 0.436 e. The van der Waals surface area contributed by atoms with E-state index < -0.39 is 11.9 Å². The van der Waals surface area contributed by atoms with Gasteiger partial charge < -0.3 is 14.0 Å². The highest BCUT2D eigenvalue weighted by Gasteiger charge is 2.34. The van der Waals surface area contributed by atoms with Crippen LogP contribution < -0.4 is 4.74 Å². The number of epoxide rings is 1. The van der Waals surface area contributed by atoms with Gasteiger partial charge in [-0.2, -0.15) is 13.2 Å². The van der Waals surface area contributed by atoms with Crippen LogP contribution in [0.3, 0.4) is 0 Å². The van der Waals surface area contributed by atoms with Gasteiger partial charge in [-0.1, -0.05) is 23.4 Å². The van der Waals surface area contributed by atoms with Crippen molar-refractivity contribution in [3.63, 3.8) is 0 Å². The minimum Gasteiger partial charge on any atom is -0.490 e. The average Bonchev–Trinajstić information content (AvgIpc) is 3.18. The Balaban J connectivity index is 1.72. The number of ether oxygens (including phenoxy) is 2. The second-order valence-electron chi connectivity index (χ2n) is 4.75. The summed E-state index contributed by atoms with van der Waals surface area (Å²) in [6, 6.07) is 8.04. The first-order valence-electron chi connectivity index (χ1n) is 6.58. The number of alkyl halides is 3. The molecule has 116 valence electrons. The number of aromatic nitrogens is 1. The molecule has 1 aliphatic rings. The number of para-hydroxylation sites is 1. The number of benzene rings is 1. The van der Waals surface area contributed by atoms with Gasteiger partial charge in [-0.25, -0.2) is 0 Å². The molecule has 0 amide bonds. The Morgan fingerprint density at radius 1 is 1.27 bits per heavy atom. The molecule has 1 aromatic carbocycles. The van der Waals surface area contributed by atoms with E-state index >= 15 is 0 Å². The molecule has 22 heavy (non-hydrogen) atoms. The van der Waals surface area contributed by atoms with Gasteiger partial charge in [-0.05, 0) is 18.2 Å². The summed E-state index contributed by atoms with van der Waals surface area (Å²) in [6.07, 6.45) is -1.36. The van der Waals surface area contributed by atoms with Gasteiger partial charge in [0, 0.05) is 11.6 Å². The number of rotatable bonds is 5. The second-order valence-corrected chi connectivity index (χ2v) is 4.75. The van der Waals surface area contributed by atoms with Crippen LogP contribution in [0.4, 0.5) is 13.2 Å². The van der Waals surface area contributed by atoms with E-state index in [0.717, 1.165) is 11.6 Å². The molecule has 0 N–H and O–H groups in total. The van der Waals surface area contributed by atoms with E-state index in [1.807, 2.05) is 12.1 Å². The molecule has 1 aromatic heterocycles. The standard InChI is InChI=1S/C15H12F3NO3/c16-15(17,18)14-7-11(22-19-14)6-5-10-3-1-2-4-13(10)21-9-12-8-20-12/h1-7,12H,8-9H2. The minimum absolute atomic E-state index is 0.0210. The van der Waals surface area contributed by atoms with E-state index in [9.17, 15) is 13.2 Å². The number of nitrogens with zero attached hydrogens (tertiary/aromatic N) is 1. The van der Waals surface area contributed by atoms with Crippen LogP contribution in [0.15, 0.2) is 34.9 Å². The third kappa shape index (κ3) is 3.67. The van der Waals surface area contributed by atoms with E-state index in [0.29, 0.717) is 19.0 Å². The highest BCUT2D eigenvalue weighted by atomic mass is 19.4. The van der Waals surface area contributed by atoms with Crippen molar-refractivity contribution in [2.24, 2.45) is 0 Å². The SMILES string of the molecule is FC(F)(F)c1cc(C=Cc2ccccc2OCC2CO2)on1. The smallest absolute Gasteiger partial charge is 0.436 e. The fourth-order valence-corrected chi connectivity index (χ4v) is 1.77. The van der Waals surface area contributed by atoms with Crippen molar-refractivity contribution in [2.45, 2.75) is 12.3 Å². The normalized spacial score (nSPS) is 17.9. The van der Waals surface area contributed by atoms with E-state index in [-0.39, 0.29) is 11.9 Å². The third-order valence-corrected chi connectivity index (χ3v) is 2.99. The largest absolute Gasteiger partial charge is 0.490 e. The van der Waals surface area contributed by atoms with Crippen LogP contribution in [-0.4, -0.2) is 24.5 Å². The van der Waals surface area contributed by atoms with Crippen molar-refractivity contribution in [3.05, 3.63) is 47.3 Å². The summed E-state index contributed by atoms with van der Waals surface area (Å²) < 4.78 is 52.6. The van der Waals surface area contributed by atoms with Crippen molar-refractivity contribution in [1.29, 1.82) is 0 Å². The molecule has 4 nitrogen and oxygen atoms in total. The Bertz CT molecular complexity index is 675. The zero-order chi connectivity index (χ0) is 15.6. The third-order valence-electron chi connectivity index (χ3n) is 2.99. The monoisotopic (exact) mass is 311 g/mol. The average molecular weight is 311 g/mol. The zero-order valence-electron chi connectivity index (χ0n) is 11.3. The Morgan fingerprint density at radius 3 is 2.73 bits per heavy atom. The molecule has 0 bridgehead atoms. The molecule has 7 heteroatoms. The van der Waals surface area contributed by atoms with Crippen molar-refractivity contribution < 1.29 is 27.2 Å². The van der Waals surface area contributed by atoms with Gasteiger partial charge in [0.2, 0.25) is 0 Å². The van der Waals surface area contributed by atoms with Crippen LogP contribution in [0, 0.1) is 0 Å². The maximum absolute atomic E-state index is 12.4. The lowest BCUT2D eigenvalue weighted by Crippen LogP contribution is -2.04. The first kappa shape index (κ1) is 14.6. The molecule has 0 spiro atoms. The van der Waals surface area contributed by atoms with Crippen molar-refractivity contribution in [1.82, 2.24) is 5.16 Å². The van der Waals surface area contributed by atoms with Crippen LogP contribution in [0.25, 0.3) is 12.2 Å². The van der Waals surface area contributed by atoms with E-state index in [1.54, 1.807) is 18.2 Å². The lowest BCUT2D eigenvalue weighted by atomic mass is 10.2. The minimum atomic E-state index is -4.51. The van der Waals surface area contributed by atoms with Gasteiger partial charge >= 0.3 is 6.18 Å². The molecule has 0 saturated carbocycles. The molecule has 1 aliphatic heterocycles. The predicted octanol–water partition coefficient (Wildman–Crippen LogP) is 3.64. The Kier molecular flexibility index (Phi) is 3.89. The summed E-state index contributed by atoms with van der Waals surface area (Å²) in [5.74, 6) is 0.650. The highest BCUT2D eigenvalue weighted by molar-refractivity contribution is 5.70. The first-order valence-corrected chi connectivity index (χ1v) is 6.58. The van der Waals surface area contributed by atoms with Gasteiger partial charge in [-0.15, -0.1) is 0 Å². The molecule has 0 aliphatic carbocycles. The van der Waals surface area contributed by atoms with Gasteiger partial charge in [0.1, 0.15) is 18.5 Å². The molecular formula is C15H12F3NO3. The van der Waals surface area contributed by atoms with Gasteiger partial charge in [0.05, 0.1) is 6.61 Å². The van der Waals surface area contributed by atoms with Crippen molar-refractivity contribution in [3.8, 4) is 5.75 Å². The van der Waals surface area contributed by atoms with Crippen LogP contribution in [0.2, 0.25) is 0 Å². The quantitative estimate of drug-likeness (QED) is 0.791. The Hall–Kier alpha value is -2.28. The van der Waals surface area contributed by atoms with Gasteiger partial charge in [0.25, 0.3) is 0 Å². The molecule has 3 rings (SSSR count). The Labute approximate surface area is 124 Å². The van der Waals surface area contributed by atoms with E-state index in [2.05, 4.69) is 9.68 Å². The number of hydrogen-bond acceptors (Lipinski definition) is 4. The summed E-state index contributed by atoms with van der Waals surface area (Å²) in [5.41, 5.74) is -0.323. The molecule has 0 radical (unpaired) electrons. The van der Waals surface area contributed by atoms with Gasteiger partial charge in [0.15, 0.2) is 11.5 Å². The predicted molar refractivity (Wildman–Crippen MR) is 72.1 cm³/mol. The highest BCUT2D eigenvalue weighted by Crippen LogP contribution is 2.29. The summed E-state index contributed by atoms with van der Waals surface area (Å²) >= 11 is 0. The van der Waals surface area contributed by atoms with Gasteiger partial charge in [-0.3, -0.25) is 0 Å². The molecule has 1 atom stereocenters. The summed E-state index contributed by atoms with van der Waals surface area (Å²) in [7, 11) is 0. The molecule has 1 unspecified atom stereocenters. The van der Waals surface area contributed by atoms with Crippen LogP contribution in [0.1, 0.15) is 17.0 Å². The molecule has 1 saturated heterocycles. The number of halogens is 3. The summed E-state index contributed by atoms with van der Waals surface area (Å²) in [6.45, 7) is 1.14. The second kappa shape index (κ2) is 5.84. The zero-order valence-corrected chi connectivity index (χ0v) is 11.3. The molecule has 1 fully saturated rings. The van der Waals surface area contributed by atoms with Crippen LogP contribution in [-0.2, 0) is 10.9 Å². The number of hydrogen-bond donors (Lipinski definition) is 0. The van der Waals surface area contributed by atoms with Crippen LogP contribution >= 0.6 is 0 Å². The molecule has 2 aromatic rings. The maximum atomic E-state index is 12.4. The molecular weight excluding hydrogens is 299 g/mol. The van der Waals surface area contributed by atoms with E-state index in [4.69, 9.17) is 9.47 Å². The van der Waals surface area contributed by atoms with Crippen molar-refractivity contribution in [2.75, 3.05) is 13.2 Å². The fraction of sp³-hybridized carbons (Fsp3) is 0.267. The molecule has 2 heterocycles. The van der Waals surface area contributed by atoms with Crippen molar-refractivity contribution >= 4 is 12.2 Å². The lowest BCUT2D eigenvalue weighted by Gasteiger charge is -2.07. The topological polar surface area (TPSA) is 47.8 Å². The van der Waals surface area contributed by atoms with E-state index in [1.165, 1.54) is 6.08 Å². The first-order chi connectivity index (χ1) is 10.5. The lowest BCUT2D eigenvalue weighted by molar-refractivity contribution is -0.142. The fourth-order valence-electron chi connectivity index (χ4n) is 1.77. The van der Waals surface area contributed by atoms with Crippen LogP contribution in [0.5, 0.6) is 5.75 Å². The summed E-state index contributed by atoms with van der Waals surface area (Å²) in [4.78, 5) is 0.